The smallest absolute Gasteiger partial charge is 0.368 e. The molecule has 5 amide bonds. The molecule has 3 aromatic rings. The zero-order valence-corrected chi connectivity index (χ0v) is 28.7. The fraction of sp³-hybridized carbons (Fsp3) is 0.417. The van der Waals surface area contributed by atoms with E-state index in [-0.39, 0.29) is 35.7 Å². The van der Waals surface area contributed by atoms with Gasteiger partial charge in [-0.1, -0.05) is 0 Å². The van der Waals surface area contributed by atoms with Gasteiger partial charge >= 0.3 is 6.18 Å². The van der Waals surface area contributed by atoms with E-state index in [1.807, 2.05) is 6.07 Å². The number of carbonyl (C=O) groups excluding carboxylic acids is 5. The molecule has 3 unspecified atom stereocenters. The summed E-state index contributed by atoms with van der Waals surface area (Å²) in [5.41, 5.74) is -0.823. The van der Waals surface area contributed by atoms with E-state index < -0.39 is 58.4 Å². The van der Waals surface area contributed by atoms with Crippen LogP contribution in [0.3, 0.4) is 0 Å². The second kappa shape index (κ2) is 12.2. The van der Waals surface area contributed by atoms with E-state index in [1.165, 1.54) is 16.8 Å². The molecule has 17 heteroatoms. The second-order valence-corrected chi connectivity index (χ2v) is 14.7. The third-order valence-electron chi connectivity index (χ3n) is 11.1. The van der Waals surface area contributed by atoms with E-state index in [9.17, 15) is 37.1 Å². The molecule has 2 bridgehead atoms. The Bertz CT molecular complexity index is 2140. The fourth-order valence-corrected chi connectivity index (χ4v) is 8.10. The average molecular weight is 730 g/mol. The van der Waals surface area contributed by atoms with Crippen molar-refractivity contribution in [3.8, 4) is 6.07 Å². The van der Waals surface area contributed by atoms with Gasteiger partial charge in [-0.2, -0.15) is 23.5 Å². The third kappa shape index (κ3) is 5.68. The lowest BCUT2D eigenvalue weighted by atomic mass is 10.0. The molecule has 53 heavy (non-hydrogen) atoms. The van der Waals surface area contributed by atoms with Gasteiger partial charge in [0.1, 0.15) is 11.6 Å². The number of carbonyl (C=O) groups is 5. The number of nitriles is 1. The summed E-state index contributed by atoms with van der Waals surface area (Å²) in [7, 11) is 0. The van der Waals surface area contributed by atoms with E-state index >= 15 is 0 Å². The Morgan fingerprint density at radius 2 is 1.70 bits per heavy atom. The van der Waals surface area contributed by atoms with Crippen LogP contribution in [0, 0.1) is 11.3 Å². The summed E-state index contributed by atoms with van der Waals surface area (Å²) >= 11 is 0. The van der Waals surface area contributed by atoms with E-state index in [2.05, 4.69) is 30.4 Å². The third-order valence-corrected chi connectivity index (χ3v) is 11.1. The topological polar surface area (TPSA) is 164 Å². The number of anilines is 3. The first-order valence-corrected chi connectivity index (χ1v) is 17.2. The van der Waals surface area contributed by atoms with Gasteiger partial charge < -0.3 is 15.1 Å². The zero-order valence-electron chi connectivity index (χ0n) is 28.7. The Morgan fingerprint density at radius 3 is 2.38 bits per heavy atom. The van der Waals surface area contributed by atoms with Crippen molar-refractivity contribution >= 4 is 46.6 Å². The SMILES string of the molecule is CC(C)(C(=O)Nc1ccc(C#N)c(C(F)(F)F)c1)n1cc(N2CC3CC2CN3C2CN(c3ccc4c(c3)C(=O)N(C3CCC(=O)NC3=O)C4=O)C2)cn1. The molecule has 3 atom stereocenters. The minimum absolute atomic E-state index is 0.0583. The largest absolute Gasteiger partial charge is 0.417 e. The molecule has 2 N–H and O–H groups in total. The van der Waals surface area contributed by atoms with Crippen LogP contribution in [-0.4, -0.2) is 99.5 Å². The van der Waals surface area contributed by atoms with E-state index in [4.69, 9.17) is 5.26 Å². The molecule has 0 radical (unpaired) electrons. The summed E-state index contributed by atoms with van der Waals surface area (Å²) in [6.07, 6.45) is -0.173. The molecule has 5 aliphatic rings. The second-order valence-electron chi connectivity index (χ2n) is 14.7. The Morgan fingerprint density at radius 1 is 0.943 bits per heavy atom. The Hall–Kier alpha value is -5.76. The van der Waals surface area contributed by atoms with E-state index in [1.54, 1.807) is 38.4 Å². The van der Waals surface area contributed by atoms with Crippen LogP contribution in [0.25, 0.3) is 0 Å². The quantitative estimate of drug-likeness (QED) is 0.346. The number of imide groups is 2. The number of fused-ring (bicyclic) bond motifs is 3. The standard InChI is InChI=1S/C36H34F3N9O5/c1-35(2,34(53)42-20-4-3-19(12-40)28(9-20)36(37,38)39)47-18-24(13-41-47)45-16-23-10-22(45)17-46(23)25-14-44(15-25)21-5-6-26-27(11-21)33(52)48(32(26)51)29-7-8-30(49)43-31(29)50/h3-6,9,11,13,18,22-23,25,29H,7-8,10,14-17H2,1-2H3,(H,42,53)(H,43,49,50). The molecule has 274 valence electrons. The van der Waals surface area contributed by atoms with E-state index in [0.717, 1.165) is 61.0 Å². The highest BCUT2D eigenvalue weighted by Gasteiger charge is 2.50. The lowest BCUT2D eigenvalue weighted by Crippen LogP contribution is -2.63. The highest BCUT2D eigenvalue weighted by atomic mass is 19.4. The predicted octanol–water partition coefficient (Wildman–Crippen LogP) is 2.70. The number of alkyl halides is 3. The molecule has 5 aliphatic heterocycles. The molecule has 2 aromatic carbocycles. The maximum absolute atomic E-state index is 13.5. The van der Waals surface area contributed by atoms with Crippen LogP contribution < -0.4 is 20.4 Å². The molecule has 8 rings (SSSR count). The molecular weight excluding hydrogens is 695 g/mol. The number of hydrogen-bond donors (Lipinski definition) is 2. The van der Waals surface area contributed by atoms with Gasteiger partial charge in [-0.25, -0.2) is 0 Å². The predicted molar refractivity (Wildman–Crippen MR) is 182 cm³/mol. The van der Waals surface area contributed by atoms with Gasteiger partial charge in [0.2, 0.25) is 11.8 Å². The first-order valence-electron chi connectivity index (χ1n) is 17.2. The van der Waals surface area contributed by atoms with Crippen molar-refractivity contribution in [1.82, 2.24) is 24.9 Å². The number of halogens is 3. The molecule has 4 fully saturated rings. The number of piperazine rings is 1. The lowest BCUT2D eigenvalue weighted by Gasteiger charge is -2.49. The van der Waals surface area contributed by atoms with Crippen LogP contribution in [0.4, 0.5) is 30.2 Å². The van der Waals surface area contributed by atoms with Crippen LogP contribution in [0.1, 0.15) is 65.0 Å². The van der Waals surface area contributed by atoms with Gasteiger partial charge in [-0.3, -0.25) is 43.8 Å². The summed E-state index contributed by atoms with van der Waals surface area (Å²) < 4.78 is 41.9. The normalized spacial score (nSPS) is 23.3. The first-order chi connectivity index (χ1) is 25.1. The summed E-state index contributed by atoms with van der Waals surface area (Å²) in [5, 5.41) is 18.3. The van der Waals surface area contributed by atoms with Gasteiger partial charge in [0.05, 0.1) is 40.2 Å². The monoisotopic (exact) mass is 729 g/mol. The first kappa shape index (κ1) is 34.3. The number of nitrogens with one attached hydrogen (secondary N) is 2. The Labute approximate surface area is 301 Å². The minimum Gasteiger partial charge on any atom is -0.368 e. The summed E-state index contributed by atoms with van der Waals surface area (Å²) in [6.45, 7) is 6.32. The van der Waals surface area contributed by atoms with Gasteiger partial charge in [0.15, 0.2) is 0 Å². The summed E-state index contributed by atoms with van der Waals surface area (Å²) in [5.74, 6) is -2.70. The molecule has 0 spiro atoms. The van der Waals surface area contributed by atoms with Crippen LogP contribution in [0.2, 0.25) is 0 Å². The fourth-order valence-electron chi connectivity index (χ4n) is 8.10. The zero-order chi connectivity index (χ0) is 37.6. The summed E-state index contributed by atoms with van der Waals surface area (Å²) in [6, 6.07) is 9.53. The number of likely N-dealkylation sites (tertiary alicyclic amines) is 1. The van der Waals surface area contributed by atoms with Crippen molar-refractivity contribution < 1.29 is 37.1 Å². The minimum atomic E-state index is -4.75. The maximum atomic E-state index is 13.5. The van der Waals surface area contributed by atoms with E-state index in [0.29, 0.717) is 12.1 Å². The highest BCUT2D eigenvalue weighted by Crippen LogP contribution is 2.40. The van der Waals surface area contributed by atoms with Gasteiger partial charge in [-0.05, 0) is 63.1 Å². The molecule has 6 heterocycles. The van der Waals surface area contributed by atoms with Crippen LogP contribution >= 0.6 is 0 Å². The van der Waals surface area contributed by atoms with Gasteiger partial charge in [0.25, 0.3) is 17.7 Å². The number of amides is 5. The lowest BCUT2D eigenvalue weighted by molar-refractivity contribution is -0.138. The van der Waals surface area contributed by atoms with Crippen molar-refractivity contribution in [1.29, 1.82) is 5.26 Å². The Kier molecular flexibility index (Phi) is 7.87. The van der Waals surface area contributed by atoms with Crippen LogP contribution in [-0.2, 0) is 26.1 Å². The number of aromatic nitrogens is 2. The number of nitrogens with zero attached hydrogens (tertiary/aromatic N) is 7. The maximum Gasteiger partial charge on any atom is 0.417 e. The number of benzene rings is 2. The van der Waals surface area contributed by atoms with Crippen LogP contribution in [0.15, 0.2) is 48.8 Å². The van der Waals surface area contributed by atoms with Crippen molar-refractivity contribution in [2.24, 2.45) is 0 Å². The molecule has 0 aliphatic carbocycles. The average Bonchev–Trinajstić information content (AvgIpc) is 3.88. The number of hydrogen-bond acceptors (Lipinski definition) is 10. The number of piperidine rings is 1. The molecule has 1 aromatic heterocycles. The molecule has 0 saturated carbocycles. The van der Waals surface area contributed by atoms with Crippen LogP contribution in [0.5, 0.6) is 0 Å². The molecule has 4 saturated heterocycles. The van der Waals surface area contributed by atoms with Crippen molar-refractivity contribution in [2.75, 3.05) is 41.3 Å². The highest BCUT2D eigenvalue weighted by molar-refractivity contribution is 6.23. The van der Waals surface area contributed by atoms with Crippen molar-refractivity contribution in [3.63, 3.8) is 0 Å². The van der Waals surface area contributed by atoms with Crippen molar-refractivity contribution in [3.05, 3.63) is 71.0 Å². The summed E-state index contributed by atoms with van der Waals surface area (Å²) in [4.78, 5) is 71.5. The molecule has 14 nitrogen and oxygen atoms in total. The van der Waals surface area contributed by atoms with Gasteiger partial charge in [0, 0.05) is 68.3 Å². The molecular formula is C36H34F3N9O5. The number of rotatable bonds is 7. The van der Waals surface area contributed by atoms with Gasteiger partial charge in [-0.15, -0.1) is 0 Å². The van der Waals surface area contributed by atoms with Crippen molar-refractivity contribution in [2.45, 2.75) is 69.0 Å². The Balaban J connectivity index is 0.874.